The quantitative estimate of drug-likeness (QED) is 0.251. The molecule has 0 aliphatic heterocycles. The molecular formula is C16H31ClO3. The maximum Gasteiger partial charge on any atom is 0.510 e. The van der Waals surface area contributed by atoms with Gasteiger partial charge in [0.25, 0.3) is 0 Å². The van der Waals surface area contributed by atoms with Gasteiger partial charge in [-0.2, -0.15) is 0 Å². The van der Waals surface area contributed by atoms with Gasteiger partial charge in [0.05, 0.1) is 6.10 Å². The maximum atomic E-state index is 11.2. The zero-order valence-electron chi connectivity index (χ0n) is 13.3. The van der Waals surface area contributed by atoms with E-state index in [0.29, 0.717) is 6.42 Å². The van der Waals surface area contributed by atoms with E-state index < -0.39 is 11.7 Å². The highest BCUT2D eigenvalue weighted by Gasteiger charge is 2.13. The lowest BCUT2D eigenvalue weighted by atomic mass is 10.1. The lowest BCUT2D eigenvalue weighted by Crippen LogP contribution is -2.17. The smallest absolute Gasteiger partial charge is 0.432 e. The molecule has 0 aromatic carbocycles. The average molecular weight is 307 g/mol. The van der Waals surface area contributed by atoms with E-state index in [0.717, 1.165) is 12.8 Å². The van der Waals surface area contributed by atoms with Crippen LogP contribution >= 0.6 is 11.6 Å². The Bertz CT molecular complexity index is 232. The Labute approximate surface area is 129 Å². The molecule has 0 bridgehead atoms. The maximum absolute atomic E-state index is 11.2. The second-order valence-corrected chi connectivity index (χ2v) is 6.05. The van der Waals surface area contributed by atoms with Crippen molar-refractivity contribution in [1.29, 1.82) is 0 Å². The highest BCUT2D eigenvalue weighted by atomic mass is 35.5. The molecule has 0 aliphatic carbocycles. The molecule has 0 heterocycles. The van der Waals surface area contributed by atoms with Gasteiger partial charge in [0.2, 0.25) is 0 Å². The monoisotopic (exact) mass is 306 g/mol. The summed E-state index contributed by atoms with van der Waals surface area (Å²) in [7, 11) is 0. The van der Waals surface area contributed by atoms with Crippen LogP contribution in [0.2, 0.25) is 0 Å². The van der Waals surface area contributed by atoms with Gasteiger partial charge in [-0.3, -0.25) is 0 Å². The van der Waals surface area contributed by atoms with Crippen molar-refractivity contribution in [2.24, 2.45) is 0 Å². The average Bonchev–Trinajstić information content (AvgIpc) is 2.35. The van der Waals surface area contributed by atoms with Crippen LogP contribution in [0.1, 0.15) is 85.0 Å². The van der Waals surface area contributed by atoms with Crippen molar-refractivity contribution in [1.82, 2.24) is 0 Å². The van der Waals surface area contributed by atoms with Gasteiger partial charge < -0.3 is 9.47 Å². The van der Waals surface area contributed by atoms with Crippen molar-refractivity contribution in [2.75, 3.05) is 0 Å². The molecule has 0 aromatic heterocycles. The number of unbranched alkanes of at least 4 members (excludes halogenated alkanes) is 8. The van der Waals surface area contributed by atoms with Crippen LogP contribution in [-0.4, -0.2) is 17.8 Å². The fourth-order valence-electron chi connectivity index (χ4n) is 2.00. The molecule has 0 N–H and O–H groups in total. The number of carbonyl (C=O) groups is 1. The summed E-state index contributed by atoms with van der Waals surface area (Å²) in [6.07, 6.45) is 11.3. The Kier molecular flexibility index (Phi) is 13.2. The molecule has 3 nitrogen and oxygen atoms in total. The minimum absolute atomic E-state index is 0.168. The van der Waals surface area contributed by atoms with Crippen LogP contribution in [-0.2, 0) is 9.47 Å². The van der Waals surface area contributed by atoms with E-state index in [4.69, 9.17) is 21.1 Å². The van der Waals surface area contributed by atoms with Gasteiger partial charge in [0.1, 0.15) is 0 Å². The first kappa shape index (κ1) is 19.6. The molecule has 120 valence electrons. The van der Waals surface area contributed by atoms with Crippen LogP contribution in [0.5, 0.6) is 0 Å². The zero-order chi connectivity index (χ0) is 15.2. The SMILES string of the molecule is CCCCCCCCCCCC(Cl)OC(=O)OC(C)C. The third-order valence-electron chi connectivity index (χ3n) is 3.09. The summed E-state index contributed by atoms with van der Waals surface area (Å²) in [5, 5.41) is 0. The minimum Gasteiger partial charge on any atom is -0.432 e. The van der Waals surface area contributed by atoms with Crippen molar-refractivity contribution in [3.05, 3.63) is 0 Å². The van der Waals surface area contributed by atoms with Crippen LogP contribution in [0, 0.1) is 0 Å². The van der Waals surface area contributed by atoms with E-state index in [2.05, 4.69) is 6.92 Å². The van der Waals surface area contributed by atoms with E-state index >= 15 is 0 Å². The van der Waals surface area contributed by atoms with E-state index in [1.165, 1.54) is 44.9 Å². The third-order valence-corrected chi connectivity index (χ3v) is 3.40. The van der Waals surface area contributed by atoms with Gasteiger partial charge >= 0.3 is 6.16 Å². The lowest BCUT2D eigenvalue weighted by molar-refractivity contribution is 0.0244. The summed E-state index contributed by atoms with van der Waals surface area (Å²) >= 11 is 5.93. The van der Waals surface area contributed by atoms with Crippen LogP contribution in [0.3, 0.4) is 0 Å². The van der Waals surface area contributed by atoms with Crippen molar-refractivity contribution >= 4 is 17.8 Å². The Hall–Kier alpha value is -0.440. The number of rotatable bonds is 12. The number of halogens is 1. The van der Waals surface area contributed by atoms with Crippen LogP contribution in [0.4, 0.5) is 4.79 Å². The third kappa shape index (κ3) is 14.0. The first-order valence-electron chi connectivity index (χ1n) is 8.07. The summed E-state index contributed by atoms with van der Waals surface area (Å²) in [5.41, 5.74) is -0.564. The second kappa shape index (κ2) is 13.5. The fourth-order valence-corrected chi connectivity index (χ4v) is 2.23. The molecule has 1 atom stereocenters. The summed E-state index contributed by atoms with van der Waals surface area (Å²) in [5.74, 6) is 0. The molecular weight excluding hydrogens is 276 g/mol. The van der Waals surface area contributed by atoms with Gasteiger partial charge in [-0.15, -0.1) is 0 Å². The molecule has 20 heavy (non-hydrogen) atoms. The predicted octanol–water partition coefficient (Wildman–Crippen LogP) is 6.03. The van der Waals surface area contributed by atoms with Crippen molar-refractivity contribution < 1.29 is 14.3 Å². The summed E-state index contributed by atoms with van der Waals surface area (Å²) in [6.45, 7) is 5.80. The Morgan fingerprint density at radius 1 is 0.900 bits per heavy atom. The molecule has 1 unspecified atom stereocenters. The standard InChI is InChI=1S/C16H31ClO3/c1-4-5-6-7-8-9-10-11-12-13-15(17)20-16(18)19-14(2)3/h14-15H,4-13H2,1-3H3. The fraction of sp³-hybridized carbons (Fsp3) is 0.938. The molecule has 0 spiro atoms. The first-order chi connectivity index (χ1) is 9.56. The van der Waals surface area contributed by atoms with E-state index in [-0.39, 0.29) is 6.10 Å². The molecule has 0 amide bonds. The number of alkyl halides is 1. The summed E-state index contributed by atoms with van der Waals surface area (Å²) in [4.78, 5) is 11.2. The van der Waals surface area contributed by atoms with Gasteiger partial charge in [-0.1, -0.05) is 69.9 Å². The molecule has 0 saturated heterocycles. The number of hydrogen-bond acceptors (Lipinski definition) is 3. The second-order valence-electron chi connectivity index (χ2n) is 5.56. The predicted molar refractivity (Wildman–Crippen MR) is 84.2 cm³/mol. The van der Waals surface area contributed by atoms with E-state index in [9.17, 15) is 4.79 Å². The molecule has 0 aliphatic rings. The van der Waals surface area contributed by atoms with Gasteiger partial charge in [-0.05, 0) is 26.7 Å². The number of hydrogen-bond donors (Lipinski definition) is 0. The normalized spacial score (nSPS) is 12.4. The Morgan fingerprint density at radius 3 is 1.90 bits per heavy atom. The number of carbonyl (C=O) groups excluding carboxylic acids is 1. The molecule has 0 saturated carbocycles. The van der Waals surface area contributed by atoms with Crippen molar-refractivity contribution in [2.45, 2.75) is 96.6 Å². The van der Waals surface area contributed by atoms with Crippen molar-refractivity contribution in [3.63, 3.8) is 0 Å². The Morgan fingerprint density at radius 2 is 1.40 bits per heavy atom. The summed E-state index contributed by atoms with van der Waals surface area (Å²) in [6, 6.07) is 0. The molecule has 4 heteroatoms. The topological polar surface area (TPSA) is 35.5 Å². The minimum atomic E-state index is -0.670. The van der Waals surface area contributed by atoms with Gasteiger partial charge in [0.15, 0.2) is 5.56 Å². The zero-order valence-corrected chi connectivity index (χ0v) is 14.1. The van der Waals surface area contributed by atoms with E-state index in [1.54, 1.807) is 13.8 Å². The van der Waals surface area contributed by atoms with E-state index in [1.807, 2.05) is 0 Å². The van der Waals surface area contributed by atoms with Gasteiger partial charge in [-0.25, -0.2) is 4.79 Å². The van der Waals surface area contributed by atoms with Crippen LogP contribution in [0.15, 0.2) is 0 Å². The highest BCUT2D eigenvalue weighted by Crippen LogP contribution is 2.14. The molecule has 0 aromatic rings. The first-order valence-corrected chi connectivity index (χ1v) is 8.51. The molecule has 0 rings (SSSR count). The molecule has 0 fully saturated rings. The van der Waals surface area contributed by atoms with Crippen LogP contribution < -0.4 is 0 Å². The van der Waals surface area contributed by atoms with Crippen molar-refractivity contribution in [3.8, 4) is 0 Å². The van der Waals surface area contributed by atoms with Gasteiger partial charge in [0, 0.05) is 0 Å². The highest BCUT2D eigenvalue weighted by molar-refractivity contribution is 6.20. The Balaban J connectivity index is 3.31. The lowest BCUT2D eigenvalue weighted by Gasteiger charge is -2.12. The van der Waals surface area contributed by atoms with Crippen LogP contribution in [0.25, 0.3) is 0 Å². The summed E-state index contributed by atoms with van der Waals surface area (Å²) < 4.78 is 9.80. The number of ether oxygens (including phenoxy) is 2. The largest absolute Gasteiger partial charge is 0.510 e. The molecule has 0 radical (unpaired) electrons.